The Morgan fingerprint density at radius 3 is 3.10 bits per heavy atom. The Hall–Kier alpha value is -0.980. The first kappa shape index (κ1) is 14.0. The molecule has 2 aliphatic rings. The summed E-state index contributed by atoms with van der Waals surface area (Å²) in [6, 6.07) is 0.403. The van der Waals surface area contributed by atoms with Crippen molar-refractivity contribution in [1.29, 1.82) is 0 Å². The highest BCUT2D eigenvalue weighted by Gasteiger charge is 2.35. The number of aromatic nitrogens is 2. The van der Waals surface area contributed by atoms with Gasteiger partial charge in [0, 0.05) is 12.6 Å². The Morgan fingerprint density at radius 2 is 2.30 bits per heavy atom. The molecule has 1 aromatic heterocycles. The van der Waals surface area contributed by atoms with Gasteiger partial charge >= 0.3 is 0 Å². The second kappa shape index (κ2) is 5.79. The van der Waals surface area contributed by atoms with Gasteiger partial charge in [-0.3, -0.25) is 4.90 Å². The number of morpholine rings is 1. The number of hydrogen-bond donors (Lipinski definition) is 1. The Balaban J connectivity index is 1.64. The van der Waals surface area contributed by atoms with E-state index in [1.165, 1.54) is 12.8 Å². The van der Waals surface area contributed by atoms with Gasteiger partial charge in [0.25, 0.3) is 0 Å². The van der Waals surface area contributed by atoms with Crippen LogP contribution in [0.1, 0.15) is 57.0 Å². The molecule has 0 bridgehead atoms. The van der Waals surface area contributed by atoms with Crippen LogP contribution in [0.25, 0.3) is 0 Å². The van der Waals surface area contributed by atoms with E-state index < -0.39 is 0 Å². The van der Waals surface area contributed by atoms with E-state index in [-0.39, 0.29) is 12.1 Å². The second-order valence-electron chi connectivity index (χ2n) is 6.34. The topological polar surface area (TPSA) is 77.4 Å². The molecule has 0 amide bonds. The summed E-state index contributed by atoms with van der Waals surface area (Å²) in [6.07, 6.45) is 3.27. The van der Waals surface area contributed by atoms with E-state index in [4.69, 9.17) is 15.0 Å². The lowest BCUT2D eigenvalue weighted by atomic mass is 10.0. The van der Waals surface area contributed by atoms with Gasteiger partial charge in [-0.25, -0.2) is 0 Å². The third kappa shape index (κ3) is 2.87. The van der Waals surface area contributed by atoms with Crippen molar-refractivity contribution in [3.63, 3.8) is 0 Å². The largest absolute Gasteiger partial charge is 0.367 e. The molecular formula is C14H24N4O2. The lowest BCUT2D eigenvalue weighted by Crippen LogP contribution is -2.42. The maximum Gasteiger partial charge on any atom is 0.243 e. The van der Waals surface area contributed by atoms with Gasteiger partial charge in [0.05, 0.1) is 12.6 Å². The summed E-state index contributed by atoms with van der Waals surface area (Å²) in [4.78, 5) is 6.92. The van der Waals surface area contributed by atoms with Gasteiger partial charge in [-0.15, -0.1) is 0 Å². The fourth-order valence-electron chi connectivity index (χ4n) is 3.11. The minimum Gasteiger partial charge on any atom is -0.367 e. The van der Waals surface area contributed by atoms with Crippen LogP contribution in [-0.4, -0.2) is 40.8 Å². The average Bonchev–Trinajstić information content (AvgIpc) is 3.06. The van der Waals surface area contributed by atoms with E-state index >= 15 is 0 Å². The van der Waals surface area contributed by atoms with Crippen LogP contribution >= 0.6 is 0 Å². The molecule has 2 N–H and O–H groups in total. The van der Waals surface area contributed by atoms with Crippen molar-refractivity contribution in [1.82, 2.24) is 15.0 Å². The summed E-state index contributed by atoms with van der Waals surface area (Å²) in [6.45, 7) is 7.06. The molecule has 3 rings (SSSR count). The summed E-state index contributed by atoms with van der Waals surface area (Å²) < 4.78 is 11.2. The molecule has 6 heteroatoms. The molecule has 1 aromatic rings. The smallest absolute Gasteiger partial charge is 0.243 e. The highest BCUT2D eigenvalue weighted by molar-refractivity contribution is 4.99. The molecule has 2 fully saturated rings. The Labute approximate surface area is 119 Å². The van der Waals surface area contributed by atoms with E-state index in [0.29, 0.717) is 23.7 Å². The number of ether oxygens (including phenoxy) is 1. The summed E-state index contributed by atoms with van der Waals surface area (Å²) in [7, 11) is 0. The first-order chi connectivity index (χ1) is 9.63. The van der Waals surface area contributed by atoms with E-state index in [9.17, 15) is 0 Å². The molecule has 2 aliphatic heterocycles. The average molecular weight is 280 g/mol. The third-order valence-electron chi connectivity index (χ3n) is 4.18. The normalized spacial score (nSPS) is 28.8. The number of hydrogen-bond acceptors (Lipinski definition) is 6. The Kier molecular flexibility index (Phi) is 4.05. The molecule has 0 spiro atoms. The first-order valence-electron chi connectivity index (χ1n) is 7.58. The monoisotopic (exact) mass is 280 g/mol. The number of nitrogens with zero attached hydrogens (tertiary/aromatic N) is 3. The molecule has 2 unspecified atom stereocenters. The fourth-order valence-corrected chi connectivity index (χ4v) is 3.11. The fraction of sp³-hybridized carbons (Fsp3) is 0.857. The van der Waals surface area contributed by atoms with Crippen LogP contribution in [0.4, 0.5) is 0 Å². The Bertz CT molecular complexity index is 448. The number of fused-ring (bicyclic) bond motifs is 1. The van der Waals surface area contributed by atoms with E-state index in [1.54, 1.807) is 0 Å². The number of rotatable bonds is 4. The van der Waals surface area contributed by atoms with Gasteiger partial charge in [-0.1, -0.05) is 19.0 Å². The second-order valence-corrected chi connectivity index (χ2v) is 6.34. The molecule has 0 saturated carbocycles. The third-order valence-corrected chi connectivity index (χ3v) is 4.18. The van der Waals surface area contributed by atoms with Crippen LogP contribution in [0.2, 0.25) is 0 Å². The van der Waals surface area contributed by atoms with Gasteiger partial charge in [-0.2, -0.15) is 4.98 Å². The quantitative estimate of drug-likeness (QED) is 0.903. The maximum absolute atomic E-state index is 6.08. The Morgan fingerprint density at radius 1 is 1.45 bits per heavy atom. The molecule has 0 aliphatic carbocycles. The van der Waals surface area contributed by atoms with Crippen molar-refractivity contribution in [2.24, 2.45) is 11.7 Å². The van der Waals surface area contributed by atoms with Crippen molar-refractivity contribution in [2.45, 2.75) is 51.3 Å². The lowest BCUT2D eigenvalue weighted by Gasteiger charge is -2.33. The van der Waals surface area contributed by atoms with Crippen molar-refractivity contribution < 1.29 is 9.26 Å². The highest BCUT2D eigenvalue weighted by atomic mass is 16.5. The van der Waals surface area contributed by atoms with Crippen LogP contribution in [0.3, 0.4) is 0 Å². The molecule has 20 heavy (non-hydrogen) atoms. The van der Waals surface area contributed by atoms with Crippen LogP contribution in [0, 0.1) is 5.92 Å². The zero-order chi connectivity index (χ0) is 14.1. The van der Waals surface area contributed by atoms with E-state index in [0.717, 1.165) is 26.1 Å². The predicted octanol–water partition coefficient (Wildman–Crippen LogP) is 1.65. The first-order valence-corrected chi connectivity index (χ1v) is 7.58. The standard InChI is InChI=1S/C14H24N4O2/c1-9(2)6-11(15)14-16-13(17-20-14)12-7-18-5-3-4-10(18)8-19-12/h9-12H,3-8,15H2,1-2H3/t10?,11-,12?/m1/s1. The summed E-state index contributed by atoms with van der Waals surface area (Å²) in [5.41, 5.74) is 6.08. The highest BCUT2D eigenvalue weighted by Crippen LogP contribution is 2.29. The zero-order valence-electron chi connectivity index (χ0n) is 12.3. The van der Waals surface area contributed by atoms with Crippen LogP contribution < -0.4 is 5.73 Å². The summed E-state index contributed by atoms with van der Waals surface area (Å²) in [5, 5.41) is 4.06. The summed E-state index contributed by atoms with van der Waals surface area (Å²) in [5.74, 6) is 1.68. The molecule has 3 atom stereocenters. The van der Waals surface area contributed by atoms with Gasteiger partial charge < -0.3 is 15.0 Å². The van der Waals surface area contributed by atoms with Crippen molar-refractivity contribution in [2.75, 3.05) is 19.7 Å². The molecule has 6 nitrogen and oxygen atoms in total. The van der Waals surface area contributed by atoms with Crippen molar-refractivity contribution in [3.05, 3.63) is 11.7 Å². The van der Waals surface area contributed by atoms with Gasteiger partial charge in [0.15, 0.2) is 0 Å². The van der Waals surface area contributed by atoms with Crippen molar-refractivity contribution >= 4 is 0 Å². The van der Waals surface area contributed by atoms with Crippen LogP contribution in [-0.2, 0) is 4.74 Å². The predicted molar refractivity (Wildman–Crippen MR) is 74.0 cm³/mol. The number of nitrogens with two attached hydrogens (primary N) is 1. The SMILES string of the molecule is CC(C)C[C@@H](N)c1nc(C2CN3CCCC3CO2)no1. The van der Waals surface area contributed by atoms with E-state index in [2.05, 4.69) is 28.9 Å². The van der Waals surface area contributed by atoms with E-state index in [1.807, 2.05) is 0 Å². The zero-order valence-corrected chi connectivity index (χ0v) is 12.3. The molecule has 0 radical (unpaired) electrons. The minimum atomic E-state index is -0.181. The van der Waals surface area contributed by atoms with Gasteiger partial charge in [0.2, 0.25) is 11.7 Å². The molecular weight excluding hydrogens is 256 g/mol. The van der Waals surface area contributed by atoms with Gasteiger partial charge in [-0.05, 0) is 31.7 Å². The van der Waals surface area contributed by atoms with Crippen LogP contribution in [0.5, 0.6) is 0 Å². The van der Waals surface area contributed by atoms with Crippen LogP contribution in [0.15, 0.2) is 4.52 Å². The summed E-state index contributed by atoms with van der Waals surface area (Å²) >= 11 is 0. The molecule has 2 saturated heterocycles. The molecule has 3 heterocycles. The molecule has 0 aromatic carbocycles. The maximum atomic E-state index is 6.08. The van der Waals surface area contributed by atoms with Gasteiger partial charge in [0.1, 0.15) is 6.10 Å². The lowest BCUT2D eigenvalue weighted by molar-refractivity contribution is -0.0548. The van der Waals surface area contributed by atoms with Crippen molar-refractivity contribution in [3.8, 4) is 0 Å². The molecule has 112 valence electrons. The minimum absolute atomic E-state index is 0.0758.